The second kappa shape index (κ2) is 6.85. The molecular formula is C24H20N2O3. The maximum atomic E-state index is 13.1. The lowest BCUT2D eigenvalue weighted by molar-refractivity contribution is -0.146. The summed E-state index contributed by atoms with van der Waals surface area (Å²) in [7, 11) is 0. The van der Waals surface area contributed by atoms with E-state index in [4.69, 9.17) is 0 Å². The Morgan fingerprint density at radius 2 is 1.69 bits per heavy atom. The Kier molecular flexibility index (Phi) is 4.16. The molecule has 0 spiro atoms. The molecule has 144 valence electrons. The molecule has 1 fully saturated rings. The van der Waals surface area contributed by atoms with E-state index in [0.29, 0.717) is 11.2 Å². The normalized spacial score (nSPS) is 24.7. The highest BCUT2D eigenvalue weighted by Gasteiger charge is 2.51. The van der Waals surface area contributed by atoms with Crippen LogP contribution in [0, 0.1) is 23.7 Å². The van der Waals surface area contributed by atoms with Crippen LogP contribution >= 0.6 is 0 Å². The van der Waals surface area contributed by atoms with Gasteiger partial charge in [0.25, 0.3) is 0 Å². The number of hydrogen-bond acceptors (Lipinski definition) is 3. The zero-order valence-corrected chi connectivity index (χ0v) is 15.7. The largest absolute Gasteiger partial charge is 0.481 e. The topological polar surface area (TPSA) is 79.3 Å². The number of amides is 1. The summed E-state index contributed by atoms with van der Waals surface area (Å²) in [6, 6.07) is 17.7. The van der Waals surface area contributed by atoms with Crippen molar-refractivity contribution in [3.63, 3.8) is 0 Å². The Hall–Kier alpha value is -3.47. The average molecular weight is 384 g/mol. The van der Waals surface area contributed by atoms with Gasteiger partial charge >= 0.3 is 5.97 Å². The van der Waals surface area contributed by atoms with E-state index in [1.165, 1.54) is 0 Å². The summed E-state index contributed by atoms with van der Waals surface area (Å²) < 4.78 is 0. The Morgan fingerprint density at radius 3 is 2.45 bits per heavy atom. The number of carboxylic acid groups (broad SMARTS) is 1. The molecule has 2 bridgehead atoms. The second-order valence-corrected chi connectivity index (χ2v) is 7.75. The van der Waals surface area contributed by atoms with E-state index in [9.17, 15) is 14.7 Å². The summed E-state index contributed by atoms with van der Waals surface area (Å²) in [5, 5.41) is 13.5. The SMILES string of the molecule is O=C(O)[C@@H]1[C@@H](C(=O)Nc2cccc3c(-c4ccccc4)ccnc23)[C@H]2C=C[C@@H]1C2. The molecule has 1 saturated carbocycles. The quantitative estimate of drug-likeness (QED) is 0.655. The fourth-order valence-electron chi connectivity index (χ4n) is 4.88. The minimum absolute atomic E-state index is 0.0103. The Labute approximate surface area is 168 Å². The summed E-state index contributed by atoms with van der Waals surface area (Å²) in [5.41, 5.74) is 3.43. The summed E-state index contributed by atoms with van der Waals surface area (Å²) in [5.74, 6) is -2.41. The zero-order valence-electron chi connectivity index (χ0n) is 15.7. The fraction of sp³-hybridized carbons (Fsp3) is 0.208. The number of aromatic nitrogens is 1. The third kappa shape index (κ3) is 2.90. The van der Waals surface area contributed by atoms with Gasteiger partial charge in [-0.05, 0) is 41.5 Å². The van der Waals surface area contributed by atoms with Gasteiger partial charge in [0.1, 0.15) is 0 Å². The van der Waals surface area contributed by atoms with Crippen LogP contribution < -0.4 is 5.32 Å². The van der Waals surface area contributed by atoms with Crippen molar-refractivity contribution >= 4 is 28.5 Å². The molecule has 1 aromatic heterocycles. The molecule has 2 aliphatic carbocycles. The van der Waals surface area contributed by atoms with E-state index in [1.54, 1.807) is 6.20 Å². The number of carboxylic acids is 1. The van der Waals surface area contributed by atoms with Crippen LogP contribution in [0.5, 0.6) is 0 Å². The first-order chi connectivity index (χ1) is 14.1. The van der Waals surface area contributed by atoms with Gasteiger partial charge in [0.05, 0.1) is 23.0 Å². The first kappa shape index (κ1) is 17.6. The van der Waals surface area contributed by atoms with Crippen molar-refractivity contribution in [1.82, 2.24) is 4.98 Å². The van der Waals surface area contributed by atoms with Crippen molar-refractivity contribution in [1.29, 1.82) is 0 Å². The van der Waals surface area contributed by atoms with Gasteiger partial charge < -0.3 is 10.4 Å². The second-order valence-electron chi connectivity index (χ2n) is 7.75. The van der Waals surface area contributed by atoms with Crippen LogP contribution in [0.3, 0.4) is 0 Å². The smallest absolute Gasteiger partial charge is 0.307 e. The molecule has 3 aromatic rings. The number of hydrogen-bond donors (Lipinski definition) is 2. The van der Waals surface area contributed by atoms with Crippen LogP contribution in [0.25, 0.3) is 22.0 Å². The van der Waals surface area contributed by atoms with Gasteiger partial charge in [-0.3, -0.25) is 14.6 Å². The van der Waals surface area contributed by atoms with Crippen LogP contribution in [0.2, 0.25) is 0 Å². The van der Waals surface area contributed by atoms with Gasteiger partial charge in [-0.1, -0.05) is 54.6 Å². The number of carbonyl (C=O) groups excluding carboxylic acids is 1. The molecule has 1 amide bonds. The molecule has 2 N–H and O–H groups in total. The highest BCUT2D eigenvalue weighted by atomic mass is 16.4. The Bertz CT molecular complexity index is 1140. The number of aliphatic carboxylic acids is 1. The Morgan fingerprint density at radius 1 is 0.931 bits per heavy atom. The number of nitrogens with one attached hydrogen (secondary N) is 1. The summed E-state index contributed by atoms with van der Waals surface area (Å²) in [6.45, 7) is 0. The lowest BCUT2D eigenvalue weighted by Gasteiger charge is -2.24. The van der Waals surface area contributed by atoms with Crippen molar-refractivity contribution in [3.8, 4) is 11.1 Å². The molecule has 5 nitrogen and oxygen atoms in total. The molecule has 0 radical (unpaired) electrons. The summed E-state index contributed by atoms with van der Waals surface area (Å²) >= 11 is 0. The van der Waals surface area contributed by atoms with Gasteiger partial charge in [-0.2, -0.15) is 0 Å². The molecule has 2 aromatic carbocycles. The predicted octanol–water partition coefficient (Wildman–Crippen LogP) is 4.36. The number of rotatable bonds is 4. The third-order valence-electron chi connectivity index (χ3n) is 6.16. The van der Waals surface area contributed by atoms with Gasteiger partial charge in [0.2, 0.25) is 5.91 Å². The molecule has 1 heterocycles. The molecule has 5 heteroatoms. The maximum absolute atomic E-state index is 13.1. The number of anilines is 1. The van der Waals surface area contributed by atoms with Gasteiger partial charge in [-0.25, -0.2) is 0 Å². The van der Waals surface area contributed by atoms with E-state index in [2.05, 4.69) is 10.3 Å². The monoisotopic (exact) mass is 384 g/mol. The van der Waals surface area contributed by atoms with Crippen molar-refractivity contribution in [2.45, 2.75) is 6.42 Å². The molecular weight excluding hydrogens is 364 g/mol. The van der Waals surface area contributed by atoms with Crippen LogP contribution in [-0.4, -0.2) is 22.0 Å². The van der Waals surface area contributed by atoms with E-state index in [0.717, 1.165) is 22.9 Å². The van der Waals surface area contributed by atoms with Crippen molar-refractivity contribution in [2.24, 2.45) is 23.7 Å². The predicted molar refractivity (Wildman–Crippen MR) is 111 cm³/mol. The van der Waals surface area contributed by atoms with Crippen molar-refractivity contribution in [3.05, 3.63) is 72.9 Å². The van der Waals surface area contributed by atoms with Gasteiger partial charge in [-0.15, -0.1) is 0 Å². The maximum Gasteiger partial charge on any atom is 0.307 e. The van der Waals surface area contributed by atoms with Gasteiger partial charge in [0, 0.05) is 11.6 Å². The van der Waals surface area contributed by atoms with Crippen LogP contribution in [-0.2, 0) is 9.59 Å². The molecule has 4 atom stereocenters. The number of para-hydroxylation sites is 1. The van der Waals surface area contributed by atoms with E-state index in [-0.39, 0.29) is 17.7 Å². The lowest BCUT2D eigenvalue weighted by atomic mass is 9.82. The number of pyridine rings is 1. The summed E-state index contributed by atoms with van der Waals surface area (Å²) in [4.78, 5) is 29.3. The summed E-state index contributed by atoms with van der Waals surface area (Å²) in [6.07, 6.45) is 6.41. The fourth-order valence-corrected chi connectivity index (χ4v) is 4.88. The number of carbonyl (C=O) groups is 2. The highest BCUT2D eigenvalue weighted by Crippen LogP contribution is 2.48. The molecule has 0 unspecified atom stereocenters. The van der Waals surface area contributed by atoms with E-state index < -0.39 is 17.8 Å². The molecule has 0 saturated heterocycles. The third-order valence-corrected chi connectivity index (χ3v) is 6.16. The van der Waals surface area contributed by atoms with E-state index in [1.807, 2.05) is 66.7 Å². The first-order valence-corrected chi connectivity index (χ1v) is 9.78. The minimum atomic E-state index is -0.899. The number of allylic oxidation sites excluding steroid dienone is 2. The van der Waals surface area contributed by atoms with Crippen LogP contribution in [0.1, 0.15) is 6.42 Å². The van der Waals surface area contributed by atoms with Crippen LogP contribution in [0.15, 0.2) is 72.9 Å². The average Bonchev–Trinajstić information content (AvgIpc) is 3.36. The van der Waals surface area contributed by atoms with E-state index >= 15 is 0 Å². The number of fused-ring (bicyclic) bond motifs is 3. The molecule has 29 heavy (non-hydrogen) atoms. The molecule has 5 rings (SSSR count). The molecule has 2 aliphatic rings. The standard InChI is InChI=1S/C24H20N2O3/c27-23(20-15-9-10-16(13-15)21(20)24(28)29)26-19-8-4-7-18-17(11-12-25-22(18)19)14-5-2-1-3-6-14/h1-12,15-16,20-21H,13H2,(H,26,27)(H,28,29)/t15-,16+,20-,21-/m0/s1. The van der Waals surface area contributed by atoms with Crippen LogP contribution in [0.4, 0.5) is 5.69 Å². The first-order valence-electron chi connectivity index (χ1n) is 9.78. The molecule has 0 aliphatic heterocycles. The number of nitrogens with zero attached hydrogens (tertiary/aromatic N) is 1. The minimum Gasteiger partial charge on any atom is -0.481 e. The van der Waals surface area contributed by atoms with Gasteiger partial charge in [0.15, 0.2) is 0 Å². The lowest BCUT2D eigenvalue weighted by Crippen LogP contribution is -2.36. The Balaban J connectivity index is 1.51. The zero-order chi connectivity index (χ0) is 20.0. The highest BCUT2D eigenvalue weighted by molar-refractivity contribution is 6.06. The number of benzene rings is 2. The van der Waals surface area contributed by atoms with Crippen molar-refractivity contribution in [2.75, 3.05) is 5.32 Å². The van der Waals surface area contributed by atoms with Crippen molar-refractivity contribution < 1.29 is 14.7 Å².